The molecule has 1 fully saturated rings. The standard InChI is InChI=1S/C22H22F4N4O4/c1-10-4-15(23)13(16(24)5-10)7-27-20(33)14-8-29-17(19(32)18(14)31)21(34)28-9-30(29)11(2)6-22(25,26)12(28)3/h4-5,8,11-12,32H,6-7,9H2,1-3H3,(H,27,33)/t11-,12+/m1/s1. The van der Waals surface area contributed by atoms with Crippen molar-refractivity contribution < 1.29 is 32.3 Å². The van der Waals surface area contributed by atoms with E-state index in [9.17, 15) is 37.1 Å². The molecule has 3 heterocycles. The highest BCUT2D eigenvalue weighted by molar-refractivity contribution is 5.99. The second-order valence-electron chi connectivity index (χ2n) is 8.65. The van der Waals surface area contributed by atoms with Gasteiger partial charge in [0.15, 0.2) is 11.4 Å². The third-order valence-corrected chi connectivity index (χ3v) is 6.31. The number of hydrogen-bond acceptors (Lipinski definition) is 5. The van der Waals surface area contributed by atoms with E-state index < -0.39 is 82.4 Å². The topological polar surface area (TPSA) is 94.9 Å². The van der Waals surface area contributed by atoms with E-state index >= 15 is 0 Å². The van der Waals surface area contributed by atoms with Crippen LogP contribution in [0.5, 0.6) is 5.75 Å². The number of alkyl halides is 2. The molecule has 2 atom stereocenters. The third-order valence-electron chi connectivity index (χ3n) is 6.31. The van der Waals surface area contributed by atoms with E-state index in [1.54, 1.807) is 0 Å². The molecule has 34 heavy (non-hydrogen) atoms. The second kappa shape index (κ2) is 8.03. The van der Waals surface area contributed by atoms with Crippen molar-refractivity contribution in [2.24, 2.45) is 0 Å². The van der Waals surface area contributed by atoms with Crippen LogP contribution in [0, 0.1) is 18.6 Å². The highest BCUT2D eigenvalue weighted by atomic mass is 19.3. The maximum Gasteiger partial charge on any atom is 0.278 e. The number of aryl methyl sites for hydroxylation is 1. The molecule has 2 N–H and O–H groups in total. The predicted octanol–water partition coefficient (Wildman–Crippen LogP) is 2.24. The van der Waals surface area contributed by atoms with Gasteiger partial charge in [-0.3, -0.25) is 24.1 Å². The molecule has 0 unspecified atom stereocenters. The average molecular weight is 482 g/mol. The van der Waals surface area contributed by atoms with Crippen molar-refractivity contribution in [3.8, 4) is 5.75 Å². The highest BCUT2D eigenvalue weighted by Crippen LogP contribution is 2.36. The number of halogens is 4. The molecule has 0 saturated carbocycles. The van der Waals surface area contributed by atoms with Gasteiger partial charge in [0.2, 0.25) is 5.43 Å². The summed E-state index contributed by atoms with van der Waals surface area (Å²) in [6, 6.07) is -0.154. The lowest BCUT2D eigenvalue weighted by Crippen LogP contribution is -2.58. The van der Waals surface area contributed by atoms with Crippen LogP contribution in [0.15, 0.2) is 23.1 Å². The van der Waals surface area contributed by atoms with E-state index in [1.807, 2.05) is 0 Å². The molecule has 0 radical (unpaired) electrons. The van der Waals surface area contributed by atoms with Crippen molar-refractivity contribution in [1.82, 2.24) is 14.9 Å². The zero-order valence-corrected chi connectivity index (χ0v) is 18.5. The number of rotatable bonds is 3. The summed E-state index contributed by atoms with van der Waals surface area (Å²) in [4.78, 5) is 39.2. The molecule has 2 aromatic rings. The first-order chi connectivity index (χ1) is 15.8. The second-order valence-corrected chi connectivity index (χ2v) is 8.65. The third kappa shape index (κ3) is 3.66. The number of fused-ring (bicyclic) bond motifs is 4. The van der Waals surface area contributed by atoms with Crippen molar-refractivity contribution >= 4 is 11.8 Å². The van der Waals surface area contributed by atoms with Gasteiger partial charge in [-0.1, -0.05) is 0 Å². The van der Waals surface area contributed by atoms with Gasteiger partial charge in [-0.2, -0.15) is 0 Å². The average Bonchev–Trinajstić information content (AvgIpc) is 2.81. The Hall–Kier alpha value is -3.57. The summed E-state index contributed by atoms with van der Waals surface area (Å²) in [6.07, 6.45) is 0.353. The molecule has 4 rings (SSSR count). The first-order valence-electron chi connectivity index (χ1n) is 10.5. The number of aromatic hydroxyl groups is 1. The fourth-order valence-corrected chi connectivity index (χ4v) is 4.29. The largest absolute Gasteiger partial charge is 0.502 e. The van der Waals surface area contributed by atoms with Crippen LogP contribution in [0.4, 0.5) is 17.6 Å². The fraction of sp³-hybridized carbons (Fsp3) is 0.409. The molecule has 1 aromatic heterocycles. The van der Waals surface area contributed by atoms with Gasteiger partial charge in [0.1, 0.15) is 23.9 Å². The SMILES string of the molecule is Cc1cc(F)c(CNC(=O)c2cn3c(c(O)c2=O)C(=O)N2CN3[C@H](C)CC(F)(F)[C@@H]2C)c(F)c1. The molecule has 0 aliphatic carbocycles. The van der Waals surface area contributed by atoms with E-state index in [2.05, 4.69) is 5.32 Å². The first kappa shape index (κ1) is 23.6. The molecule has 12 heteroatoms. The molecule has 2 aliphatic rings. The molecule has 8 nitrogen and oxygen atoms in total. The zero-order valence-electron chi connectivity index (χ0n) is 18.5. The Kier molecular flexibility index (Phi) is 5.57. The van der Waals surface area contributed by atoms with E-state index in [0.29, 0.717) is 5.56 Å². The number of nitrogens with one attached hydrogen (secondary N) is 1. The van der Waals surface area contributed by atoms with Crippen molar-refractivity contribution in [3.63, 3.8) is 0 Å². The Bertz CT molecular complexity index is 1240. The minimum Gasteiger partial charge on any atom is -0.502 e. The molecule has 2 bridgehead atoms. The van der Waals surface area contributed by atoms with Crippen LogP contribution in [0.1, 0.15) is 52.2 Å². The Morgan fingerprint density at radius 1 is 1.21 bits per heavy atom. The van der Waals surface area contributed by atoms with Gasteiger partial charge in [-0.05, 0) is 38.5 Å². The van der Waals surface area contributed by atoms with Gasteiger partial charge in [-0.15, -0.1) is 0 Å². The lowest BCUT2D eigenvalue weighted by Gasteiger charge is -2.41. The van der Waals surface area contributed by atoms with E-state index in [4.69, 9.17) is 0 Å². The van der Waals surface area contributed by atoms with Crippen molar-refractivity contribution in [3.05, 3.63) is 62.6 Å². The van der Waals surface area contributed by atoms with E-state index in [-0.39, 0.29) is 6.67 Å². The van der Waals surface area contributed by atoms with Gasteiger partial charge in [0.25, 0.3) is 17.7 Å². The normalized spacial score (nSPS) is 21.2. The predicted molar refractivity (Wildman–Crippen MR) is 112 cm³/mol. The number of aromatic nitrogens is 1. The maximum absolute atomic E-state index is 14.6. The molecular weight excluding hydrogens is 460 g/mol. The van der Waals surface area contributed by atoms with E-state index in [1.165, 1.54) is 25.8 Å². The minimum absolute atomic E-state index is 0.257. The number of carbonyl (C=O) groups is 2. The molecular formula is C22H22F4N4O4. The van der Waals surface area contributed by atoms with Gasteiger partial charge in [0.05, 0.1) is 12.1 Å². The van der Waals surface area contributed by atoms with Gasteiger partial charge < -0.3 is 15.3 Å². The molecule has 0 spiro atoms. The number of nitrogens with zero attached hydrogens (tertiary/aromatic N) is 3. The molecule has 1 saturated heterocycles. The number of amides is 2. The van der Waals surface area contributed by atoms with E-state index in [0.717, 1.165) is 27.9 Å². The summed E-state index contributed by atoms with van der Waals surface area (Å²) in [5.74, 6) is -8.13. The van der Waals surface area contributed by atoms with Crippen LogP contribution in [0.3, 0.4) is 0 Å². The molecule has 2 amide bonds. The molecule has 1 aromatic carbocycles. The summed E-state index contributed by atoms with van der Waals surface area (Å²) in [6.45, 7) is 3.32. The van der Waals surface area contributed by atoms with Crippen LogP contribution >= 0.6 is 0 Å². The zero-order chi connectivity index (χ0) is 25.1. The first-order valence-corrected chi connectivity index (χ1v) is 10.5. The number of carbonyl (C=O) groups excluding carboxylic acids is 2. The quantitative estimate of drug-likeness (QED) is 0.655. The van der Waals surface area contributed by atoms with Crippen LogP contribution in [0.2, 0.25) is 0 Å². The van der Waals surface area contributed by atoms with Crippen LogP contribution in [-0.2, 0) is 6.54 Å². The Morgan fingerprint density at radius 2 is 1.82 bits per heavy atom. The summed E-state index contributed by atoms with van der Waals surface area (Å²) in [5, 5.41) is 14.1. The number of pyridine rings is 1. The number of benzene rings is 1. The van der Waals surface area contributed by atoms with Crippen molar-refractivity contribution in [2.75, 3.05) is 11.7 Å². The lowest BCUT2D eigenvalue weighted by molar-refractivity contribution is -0.0653. The summed E-state index contributed by atoms with van der Waals surface area (Å²) in [5.41, 5.74) is -2.46. The fourth-order valence-electron chi connectivity index (χ4n) is 4.29. The number of hydrogen-bond donors (Lipinski definition) is 2. The highest BCUT2D eigenvalue weighted by Gasteiger charge is 2.51. The van der Waals surface area contributed by atoms with Crippen LogP contribution in [-0.4, -0.2) is 51.2 Å². The van der Waals surface area contributed by atoms with Gasteiger partial charge in [0, 0.05) is 24.7 Å². The molecule has 2 aliphatic heterocycles. The van der Waals surface area contributed by atoms with Crippen molar-refractivity contribution in [2.45, 2.75) is 51.7 Å². The molecule has 182 valence electrons. The Balaban J connectivity index is 1.72. The Labute approximate surface area is 191 Å². The smallest absolute Gasteiger partial charge is 0.278 e. The van der Waals surface area contributed by atoms with Crippen molar-refractivity contribution in [1.29, 1.82) is 0 Å². The van der Waals surface area contributed by atoms with Gasteiger partial charge in [-0.25, -0.2) is 17.6 Å². The summed E-state index contributed by atoms with van der Waals surface area (Å²) >= 11 is 0. The Morgan fingerprint density at radius 3 is 2.44 bits per heavy atom. The van der Waals surface area contributed by atoms with Crippen LogP contribution in [0.25, 0.3) is 0 Å². The minimum atomic E-state index is -3.23. The summed E-state index contributed by atoms with van der Waals surface area (Å²) in [7, 11) is 0. The summed E-state index contributed by atoms with van der Waals surface area (Å²) < 4.78 is 58.4. The monoisotopic (exact) mass is 482 g/mol. The van der Waals surface area contributed by atoms with Crippen LogP contribution < -0.4 is 15.8 Å². The maximum atomic E-state index is 14.6. The van der Waals surface area contributed by atoms with Gasteiger partial charge >= 0.3 is 0 Å². The lowest BCUT2D eigenvalue weighted by atomic mass is 10.0.